The summed E-state index contributed by atoms with van der Waals surface area (Å²) in [6.45, 7) is 0.648. The van der Waals surface area contributed by atoms with Gasteiger partial charge in [-0.05, 0) is 33.6 Å². The van der Waals surface area contributed by atoms with Crippen molar-refractivity contribution in [2.75, 3.05) is 13.2 Å². The predicted molar refractivity (Wildman–Crippen MR) is 57.3 cm³/mol. The lowest BCUT2D eigenvalue weighted by molar-refractivity contribution is 0.232. The zero-order chi connectivity index (χ0) is 10.4. The Balaban J connectivity index is 2.59. The first-order valence-corrected chi connectivity index (χ1v) is 5.20. The molecule has 0 bridgehead atoms. The van der Waals surface area contributed by atoms with Crippen LogP contribution in [0.5, 0.6) is 5.75 Å². The Hall–Kier alpha value is -0.580. The second-order valence-corrected chi connectivity index (χ2v) is 3.70. The summed E-state index contributed by atoms with van der Waals surface area (Å²) >= 11 is 3.34. The lowest BCUT2D eigenvalue weighted by Gasteiger charge is -2.08. The molecule has 0 saturated heterocycles. The zero-order valence-electron chi connectivity index (χ0n) is 7.74. The van der Waals surface area contributed by atoms with E-state index in [-0.39, 0.29) is 13.2 Å². The summed E-state index contributed by atoms with van der Waals surface area (Å²) in [6.07, 6.45) is 0.619. The maximum absolute atomic E-state index is 8.87. The molecule has 3 nitrogen and oxygen atoms in total. The number of ether oxygens (including phenoxy) is 1. The number of hydrogen-bond acceptors (Lipinski definition) is 3. The van der Waals surface area contributed by atoms with Crippen LogP contribution in [0.2, 0.25) is 0 Å². The molecule has 14 heavy (non-hydrogen) atoms. The minimum atomic E-state index is 0.0233. The van der Waals surface area contributed by atoms with Crippen LogP contribution < -0.4 is 4.74 Å². The van der Waals surface area contributed by atoms with Crippen molar-refractivity contribution in [3.8, 4) is 5.75 Å². The van der Waals surface area contributed by atoms with Crippen molar-refractivity contribution >= 4 is 15.9 Å². The highest BCUT2D eigenvalue weighted by Gasteiger charge is 2.01. The van der Waals surface area contributed by atoms with Crippen LogP contribution in [0.25, 0.3) is 0 Å². The van der Waals surface area contributed by atoms with Crippen molar-refractivity contribution in [2.45, 2.75) is 13.0 Å². The van der Waals surface area contributed by atoms with E-state index < -0.39 is 0 Å². The fraction of sp³-hybridized carbons (Fsp3) is 0.400. The molecule has 0 unspecified atom stereocenters. The van der Waals surface area contributed by atoms with E-state index in [0.29, 0.717) is 13.0 Å². The van der Waals surface area contributed by atoms with E-state index in [4.69, 9.17) is 14.9 Å². The molecule has 1 rings (SSSR count). The number of aliphatic hydroxyl groups excluding tert-OH is 2. The molecule has 0 aliphatic rings. The van der Waals surface area contributed by atoms with Crippen LogP contribution in [0.3, 0.4) is 0 Å². The van der Waals surface area contributed by atoms with Crippen molar-refractivity contribution in [2.24, 2.45) is 0 Å². The van der Waals surface area contributed by atoms with Gasteiger partial charge in [-0.1, -0.05) is 6.07 Å². The highest BCUT2D eigenvalue weighted by molar-refractivity contribution is 9.10. The van der Waals surface area contributed by atoms with E-state index in [1.165, 1.54) is 0 Å². The van der Waals surface area contributed by atoms with Crippen LogP contribution in [-0.2, 0) is 6.61 Å². The molecule has 4 heteroatoms. The second kappa shape index (κ2) is 6.01. The Labute approximate surface area is 91.5 Å². The van der Waals surface area contributed by atoms with Gasteiger partial charge in [0.15, 0.2) is 0 Å². The highest BCUT2D eigenvalue weighted by Crippen LogP contribution is 2.26. The molecule has 1 aromatic rings. The molecule has 0 heterocycles. The minimum absolute atomic E-state index is 0.0233. The predicted octanol–water partition coefficient (Wildman–Crippen LogP) is 1.70. The van der Waals surface area contributed by atoms with Gasteiger partial charge in [0.2, 0.25) is 0 Å². The van der Waals surface area contributed by atoms with Crippen LogP contribution in [0.4, 0.5) is 0 Å². The fourth-order valence-electron chi connectivity index (χ4n) is 1.01. The molecule has 0 aliphatic heterocycles. The first kappa shape index (κ1) is 11.5. The monoisotopic (exact) mass is 260 g/mol. The van der Waals surface area contributed by atoms with Gasteiger partial charge in [0.05, 0.1) is 17.7 Å². The average Bonchev–Trinajstić information content (AvgIpc) is 2.20. The minimum Gasteiger partial charge on any atom is -0.492 e. The van der Waals surface area contributed by atoms with Gasteiger partial charge >= 0.3 is 0 Å². The number of halogens is 1. The largest absolute Gasteiger partial charge is 0.492 e. The smallest absolute Gasteiger partial charge is 0.133 e. The van der Waals surface area contributed by atoms with Crippen LogP contribution >= 0.6 is 15.9 Å². The Kier molecular flexibility index (Phi) is 4.93. The lowest BCUT2D eigenvalue weighted by atomic mass is 10.2. The maximum Gasteiger partial charge on any atom is 0.133 e. The molecule has 0 fully saturated rings. The van der Waals surface area contributed by atoms with Gasteiger partial charge in [-0.25, -0.2) is 0 Å². The van der Waals surface area contributed by atoms with E-state index in [9.17, 15) is 0 Å². The summed E-state index contributed by atoms with van der Waals surface area (Å²) in [7, 11) is 0. The summed E-state index contributed by atoms with van der Waals surface area (Å²) in [5.74, 6) is 0.732. The van der Waals surface area contributed by atoms with Gasteiger partial charge in [-0.15, -0.1) is 0 Å². The molecule has 2 N–H and O–H groups in total. The second-order valence-electron chi connectivity index (χ2n) is 2.85. The summed E-state index contributed by atoms with van der Waals surface area (Å²) in [6, 6.07) is 5.42. The topological polar surface area (TPSA) is 49.7 Å². The summed E-state index contributed by atoms with van der Waals surface area (Å²) in [5, 5.41) is 17.4. The molecular formula is C10H13BrO3. The van der Waals surface area contributed by atoms with Gasteiger partial charge in [0, 0.05) is 13.0 Å². The maximum atomic E-state index is 8.87. The van der Waals surface area contributed by atoms with Crippen LogP contribution in [0.1, 0.15) is 12.0 Å². The summed E-state index contributed by atoms with van der Waals surface area (Å²) in [5.41, 5.74) is 0.839. The van der Waals surface area contributed by atoms with E-state index >= 15 is 0 Å². The number of hydrogen-bond donors (Lipinski definition) is 2. The Morgan fingerprint density at radius 3 is 2.64 bits per heavy atom. The summed E-state index contributed by atoms with van der Waals surface area (Å²) < 4.78 is 6.21. The van der Waals surface area contributed by atoms with Gasteiger partial charge < -0.3 is 14.9 Å². The molecule has 0 radical (unpaired) electrons. The average molecular weight is 261 g/mol. The first-order chi connectivity index (χ1) is 6.77. The standard InChI is InChI=1S/C10H13BrO3/c11-9-6-8(7-13)2-3-10(9)14-5-1-4-12/h2-3,6,12-13H,1,4-5,7H2. The highest BCUT2D eigenvalue weighted by atomic mass is 79.9. The van der Waals surface area contributed by atoms with Gasteiger partial charge in [-0.3, -0.25) is 0 Å². The third-order valence-electron chi connectivity index (χ3n) is 1.74. The third kappa shape index (κ3) is 3.29. The number of benzene rings is 1. The van der Waals surface area contributed by atoms with Crippen molar-refractivity contribution in [1.29, 1.82) is 0 Å². The van der Waals surface area contributed by atoms with Gasteiger partial charge in [-0.2, -0.15) is 0 Å². The van der Waals surface area contributed by atoms with Crippen LogP contribution in [-0.4, -0.2) is 23.4 Å². The number of aliphatic hydroxyl groups is 2. The molecule has 1 aromatic carbocycles. The molecule has 0 aromatic heterocycles. The normalized spacial score (nSPS) is 10.2. The van der Waals surface area contributed by atoms with Gasteiger partial charge in [0.25, 0.3) is 0 Å². The molecule has 0 amide bonds. The van der Waals surface area contributed by atoms with E-state index in [1.54, 1.807) is 12.1 Å². The zero-order valence-corrected chi connectivity index (χ0v) is 9.33. The Bertz CT molecular complexity index is 289. The van der Waals surface area contributed by atoms with E-state index in [1.807, 2.05) is 6.07 Å². The van der Waals surface area contributed by atoms with E-state index in [2.05, 4.69) is 15.9 Å². The Morgan fingerprint density at radius 2 is 2.07 bits per heavy atom. The fourth-order valence-corrected chi connectivity index (χ4v) is 1.55. The quantitative estimate of drug-likeness (QED) is 0.793. The molecule has 78 valence electrons. The number of rotatable bonds is 5. The molecule has 0 saturated carbocycles. The van der Waals surface area contributed by atoms with Crippen molar-refractivity contribution in [3.05, 3.63) is 28.2 Å². The first-order valence-electron chi connectivity index (χ1n) is 4.41. The Morgan fingerprint density at radius 1 is 1.29 bits per heavy atom. The van der Waals surface area contributed by atoms with Gasteiger partial charge in [0.1, 0.15) is 5.75 Å². The molecule has 0 spiro atoms. The lowest BCUT2D eigenvalue weighted by Crippen LogP contribution is -2.00. The van der Waals surface area contributed by atoms with Crippen molar-refractivity contribution in [3.63, 3.8) is 0 Å². The molecular weight excluding hydrogens is 248 g/mol. The van der Waals surface area contributed by atoms with Crippen LogP contribution in [0.15, 0.2) is 22.7 Å². The van der Waals surface area contributed by atoms with Crippen molar-refractivity contribution < 1.29 is 14.9 Å². The van der Waals surface area contributed by atoms with Crippen LogP contribution in [0, 0.1) is 0 Å². The summed E-state index contributed by atoms with van der Waals surface area (Å²) in [4.78, 5) is 0. The van der Waals surface area contributed by atoms with Crippen molar-refractivity contribution in [1.82, 2.24) is 0 Å². The van der Waals surface area contributed by atoms with E-state index in [0.717, 1.165) is 15.8 Å². The molecule has 0 atom stereocenters. The third-order valence-corrected chi connectivity index (χ3v) is 2.36. The molecule has 0 aliphatic carbocycles. The SMILES string of the molecule is OCCCOc1ccc(CO)cc1Br.